The first-order chi connectivity index (χ1) is 8.47. The van der Waals surface area contributed by atoms with Crippen molar-refractivity contribution in [1.82, 2.24) is 0 Å². The number of hydrogen-bond donors (Lipinski definition) is 2. The Balaban J connectivity index is 2.05. The number of aliphatic carboxylic acids is 1. The van der Waals surface area contributed by atoms with E-state index in [-0.39, 0.29) is 5.69 Å². The van der Waals surface area contributed by atoms with Crippen LogP contribution in [0, 0.1) is 23.5 Å². The lowest BCUT2D eigenvalue weighted by atomic mass is 9.73. The van der Waals surface area contributed by atoms with Crippen LogP contribution in [0.1, 0.15) is 12.8 Å². The Morgan fingerprint density at radius 3 is 2.11 bits per heavy atom. The van der Waals surface area contributed by atoms with Crippen molar-refractivity contribution in [3.05, 3.63) is 29.8 Å². The van der Waals surface area contributed by atoms with Gasteiger partial charge in [-0.15, -0.1) is 0 Å². The van der Waals surface area contributed by atoms with Crippen LogP contribution >= 0.6 is 0 Å². The van der Waals surface area contributed by atoms with Gasteiger partial charge in [0.05, 0.1) is 11.8 Å². The van der Waals surface area contributed by atoms with Crippen LogP contribution in [0.2, 0.25) is 0 Å². The minimum Gasteiger partial charge on any atom is -0.481 e. The lowest BCUT2D eigenvalue weighted by molar-refractivity contribution is -0.151. The van der Waals surface area contributed by atoms with Gasteiger partial charge < -0.3 is 10.4 Å². The van der Waals surface area contributed by atoms with Crippen molar-refractivity contribution < 1.29 is 23.5 Å². The molecule has 4 nitrogen and oxygen atoms in total. The van der Waals surface area contributed by atoms with Gasteiger partial charge in [0.15, 0.2) is 0 Å². The third kappa shape index (κ3) is 2.47. The molecule has 18 heavy (non-hydrogen) atoms. The number of rotatable bonds is 3. The molecule has 0 radical (unpaired) electrons. The van der Waals surface area contributed by atoms with E-state index in [9.17, 15) is 18.4 Å². The number of anilines is 1. The predicted octanol–water partition coefficient (Wildman–Crippen LogP) is 2.01. The second-order valence-corrected chi connectivity index (χ2v) is 4.28. The van der Waals surface area contributed by atoms with Gasteiger partial charge in [-0.05, 0) is 25.0 Å². The zero-order valence-corrected chi connectivity index (χ0v) is 9.32. The molecule has 2 atom stereocenters. The lowest BCUT2D eigenvalue weighted by Crippen LogP contribution is -2.41. The molecule has 0 bridgehead atoms. The van der Waals surface area contributed by atoms with Crippen molar-refractivity contribution in [2.45, 2.75) is 12.8 Å². The Bertz CT molecular complexity index is 484. The molecule has 0 aromatic heterocycles. The van der Waals surface area contributed by atoms with Crippen LogP contribution in [0.4, 0.5) is 14.5 Å². The molecule has 1 aromatic carbocycles. The number of carbonyl (C=O) groups is 2. The third-order valence-electron chi connectivity index (χ3n) is 3.06. The average molecular weight is 255 g/mol. The smallest absolute Gasteiger partial charge is 0.307 e. The van der Waals surface area contributed by atoms with E-state index in [0.29, 0.717) is 18.9 Å². The van der Waals surface area contributed by atoms with Gasteiger partial charge in [-0.2, -0.15) is 0 Å². The average Bonchev–Trinajstić information content (AvgIpc) is 2.11. The number of amides is 1. The van der Waals surface area contributed by atoms with Crippen LogP contribution in [-0.2, 0) is 9.59 Å². The SMILES string of the molecule is O=C(O)C1CCC1C(=O)Nc1cc(F)cc(F)c1. The summed E-state index contributed by atoms with van der Waals surface area (Å²) in [7, 11) is 0. The molecule has 2 unspecified atom stereocenters. The number of carbonyl (C=O) groups excluding carboxylic acids is 1. The Morgan fingerprint density at radius 1 is 1.11 bits per heavy atom. The van der Waals surface area contributed by atoms with Crippen LogP contribution < -0.4 is 5.32 Å². The quantitative estimate of drug-likeness (QED) is 0.868. The van der Waals surface area contributed by atoms with Crippen LogP contribution in [0.25, 0.3) is 0 Å². The Kier molecular flexibility index (Phi) is 3.27. The highest BCUT2D eigenvalue weighted by molar-refractivity contribution is 5.96. The molecule has 1 aliphatic rings. The van der Waals surface area contributed by atoms with Gasteiger partial charge >= 0.3 is 5.97 Å². The number of carboxylic acids is 1. The van der Waals surface area contributed by atoms with Crippen LogP contribution in [0.15, 0.2) is 18.2 Å². The highest BCUT2D eigenvalue weighted by Gasteiger charge is 2.41. The molecule has 96 valence electrons. The van der Waals surface area contributed by atoms with Gasteiger partial charge in [0.25, 0.3) is 0 Å². The molecule has 2 rings (SSSR count). The highest BCUT2D eigenvalue weighted by Crippen LogP contribution is 2.35. The zero-order valence-electron chi connectivity index (χ0n) is 9.32. The number of nitrogens with one attached hydrogen (secondary N) is 1. The summed E-state index contributed by atoms with van der Waals surface area (Å²) < 4.78 is 25.8. The second-order valence-electron chi connectivity index (χ2n) is 4.28. The molecule has 0 spiro atoms. The van der Waals surface area contributed by atoms with E-state index in [0.717, 1.165) is 12.1 Å². The molecule has 6 heteroatoms. The van der Waals surface area contributed by atoms with Crippen LogP contribution in [0.5, 0.6) is 0 Å². The van der Waals surface area contributed by atoms with E-state index < -0.39 is 35.3 Å². The minimum atomic E-state index is -1.02. The number of hydrogen-bond acceptors (Lipinski definition) is 2. The summed E-state index contributed by atoms with van der Waals surface area (Å²) in [6.45, 7) is 0. The van der Waals surface area contributed by atoms with Gasteiger partial charge in [0.1, 0.15) is 11.6 Å². The van der Waals surface area contributed by atoms with E-state index in [1.165, 1.54) is 0 Å². The fraction of sp³-hybridized carbons (Fsp3) is 0.333. The fourth-order valence-corrected chi connectivity index (χ4v) is 1.97. The van der Waals surface area contributed by atoms with Crippen molar-refractivity contribution in [2.75, 3.05) is 5.32 Å². The minimum absolute atomic E-state index is 0.00598. The molecule has 0 saturated heterocycles. The van der Waals surface area contributed by atoms with Crippen LogP contribution in [0.3, 0.4) is 0 Å². The maximum absolute atomic E-state index is 12.9. The van der Waals surface area contributed by atoms with Gasteiger partial charge in [0.2, 0.25) is 5.91 Å². The third-order valence-corrected chi connectivity index (χ3v) is 3.06. The maximum atomic E-state index is 12.9. The lowest BCUT2D eigenvalue weighted by Gasteiger charge is -2.31. The van der Waals surface area contributed by atoms with E-state index in [1.54, 1.807) is 0 Å². The molecule has 1 fully saturated rings. The molecular formula is C12H11F2NO3. The molecular weight excluding hydrogens is 244 g/mol. The second kappa shape index (κ2) is 4.72. The van der Waals surface area contributed by atoms with E-state index in [2.05, 4.69) is 5.32 Å². The topological polar surface area (TPSA) is 66.4 Å². The fourth-order valence-electron chi connectivity index (χ4n) is 1.97. The predicted molar refractivity (Wildman–Crippen MR) is 58.8 cm³/mol. The summed E-state index contributed by atoms with van der Waals surface area (Å²) in [5.74, 6) is -4.47. The number of halogens is 2. The van der Waals surface area contributed by atoms with E-state index in [4.69, 9.17) is 5.11 Å². The van der Waals surface area contributed by atoms with Crippen LogP contribution in [-0.4, -0.2) is 17.0 Å². The first kappa shape index (κ1) is 12.5. The number of benzene rings is 1. The molecule has 1 aromatic rings. The number of carboxylic acid groups (broad SMARTS) is 1. The molecule has 1 saturated carbocycles. The van der Waals surface area contributed by atoms with Crippen molar-refractivity contribution in [3.8, 4) is 0 Å². The standard InChI is InChI=1S/C12H11F2NO3/c13-6-3-7(14)5-8(4-6)15-11(16)9-1-2-10(9)12(17)18/h3-5,9-10H,1-2H2,(H,15,16)(H,17,18). The Hall–Kier alpha value is -1.98. The van der Waals surface area contributed by atoms with Gasteiger partial charge in [0, 0.05) is 11.8 Å². The maximum Gasteiger partial charge on any atom is 0.307 e. The van der Waals surface area contributed by atoms with Crippen molar-refractivity contribution in [1.29, 1.82) is 0 Å². The summed E-state index contributed by atoms with van der Waals surface area (Å²) in [5.41, 5.74) is -0.00598. The molecule has 1 amide bonds. The van der Waals surface area contributed by atoms with E-state index >= 15 is 0 Å². The molecule has 2 N–H and O–H groups in total. The van der Waals surface area contributed by atoms with Crippen molar-refractivity contribution in [3.63, 3.8) is 0 Å². The molecule has 0 heterocycles. The monoisotopic (exact) mass is 255 g/mol. The Morgan fingerprint density at radius 2 is 1.67 bits per heavy atom. The van der Waals surface area contributed by atoms with E-state index in [1.807, 2.05) is 0 Å². The van der Waals surface area contributed by atoms with Gasteiger partial charge in [-0.3, -0.25) is 9.59 Å². The summed E-state index contributed by atoms with van der Waals surface area (Å²) in [4.78, 5) is 22.5. The molecule has 0 aliphatic heterocycles. The summed E-state index contributed by atoms with van der Waals surface area (Å²) in [5, 5.41) is 11.1. The van der Waals surface area contributed by atoms with Crippen molar-refractivity contribution >= 4 is 17.6 Å². The zero-order chi connectivity index (χ0) is 13.3. The summed E-state index contributed by atoms with van der Waals surface area (Å²) in [6, 6.07) is 2.66. The Labute approximate surface area is 102 Å². The summed E-state index contributed by atoms with van der Waals surface area (Å²) in [6.07, 6.45) is 0.922. The van der Waals surface area contributed by atoms with Gasteiger partial charge in [-0.25, -0.2) is 8.78 Å². The largest absolute Gasteiger partial charge is 0.481 e. The van der Waals surface area contributed by atoms with Crippen molar-refractivity contribution in [2.24, 2.45) is 11.8 Å². The van der Waals surface area contributed by atoms with Gasteiger partial charge in [-0.1, -0.05) is 0 Å². The first-order valence-electron chi connectivity index (χ1n) is 5.47. The summed E-state index contributed by atoms with van der Waals surface area (Å²) >= 11 is 0. The first-order valence-corrected chi connectivity index (χ1v) is 5.47. The normalized spacial score (nSPS) is 22.1. The highest BCUT2D eigenvalue weighted by atomic mass is 19.1. The molecule has 1 aliphatic carbocycles.